The maximum Gasteiger partial charge on any atom is 0.123 e. The zero-order valence-corrected chi connectivity index (χ0v) is 11.4. The van der Waals surface area contributed by atoms with Gasteiger partial charge in [0.2, 0.25) is 0 Å². The molecule has 1 aromatic carbocycles. The fraction of sp³-hybridized carbons (Fsp3) is 0.600. The van der Waals surface area contributed by atoms with Crippen molar-refractivity contribution in [3.8, 4) is 5.75 Å². The van der Waals surface area contributed by atoms with Crippen LogP contribution in [0.2, 0.25) is 0 Å². The van der Waals surface area contributed by atoms with Crippen molar-refractivity contribution >= 4 is 0 Å². The molecule has 0 heterocycles. The Bertz CT molecular complexity index is 407. The van der Waals surface area contributed by atoms with E-state index in [1.54, 1.807) is 19.2 Å². The zero-order chi connectivity index (χ0) is 13.1. The molecule has 3 heteroatoms. The van der Waals surface area contributed by atoms with E-state index < -0.39 is 0 Å². The zero-order valence-electron chi connectivity index (χ0n) is 11.4. The van der Waals surface area contributed by atoms with Crippen LogP contribution in [0.3, 0.4) is 0 Å². The van der Waals surface area contributed by atoms with Crippen molar-refractivity contribution in [3.63, 3.8) is 0 Å². The Kier molecular flexibility index (Phi) is 4.23. The summed E-state index contributed by atoms with van der Waals surface area (Å²) >= 11 is 0. The van der Waals surface area contributed by atoms with E-state index in [4.69, 9.17) is 4.74 Å². The normalized spacial score (nSPS) is 25.1. The van der Waals surface area contributed by atoms with Gasteiger partial charge in [-0.05, 0) is 49.9 Å². The first-order valence-corrected chi connectivity index (χ1v) is 6.66. The number of methoxy groups -OCH3 is 1. The highest BCUT2D eigenvalue weighted by Crippen LogP contribution is 2.41. The van der Waals surface area contributed by atoms with E-state index in [0.717, 1.165) is 17.2 Å². The van der Waals surface area contributed by atoms with Crippen molar-refractivity contribution in [2.75, 3.05) is 14.2 Å². The van der Waals surface area contributed by atoms with Crippen LogP contribution in [-0.2, 0) is 0 Å². The molecule has 0 amide bonds. The summed E-state index contributed by atoms with van der Waals surface area (Å²) in [5, 5.41) is 3.34. The van der Waals surface area contributed by atoms with Gasteiger partial charge in [0.25, 0.3) is 0 Å². The third-order valence-electron chi connectivity index (χ3n) is 4.04. The number of hydrogen-bond donors (Lipinski definition) is 1. The molecule has 3 unspecified atom stereocenters. The number of hydrogen-bond acceptors (Lipinski definition) is 2. The van der Waals surface area contributed by atoms with Crippen LogP contribution in [-0.4, -0.2) is 14.2 Å². The van der Waals surface area contributed by atoms with E-state index in [0.29, 0.717) is 5.92 Å². The molecule has 0 aromatic heterocycles. The predicted molar refractivity (Wildman–Crippen MR) is 71.3 cm³/mol. The van der Waals surface area contributed by atoms with Crippen LogP contribution in [0.5, 0.6) is 5.75 Å². The number of rotatable bonds is 4. The molecule has 1 N–H and O–H groups in total. The van der Waals surface area contributed by atoms with Crippen molar-refractivity contribution in [2.24, 2.45) is 11.8 Å². The molecule has 3 atom stereocenters. The molecule has 0 aliphatic heterocycles. The van der Waals surface area contributed by atoms with E-state index in [1.807, 2.05) is 7.05 Å². The van der Waals surface area contributed by atoms with Gasteiger partial charge >= 0.3 is 0 Å². The molecule has 2 rings (SSSR count). The summed E-state index contributed by atoms with van der Waals surface area (Å²) in [7, 11) is 3.58. The van der Waals surface area contributed by atoms with Gasteiger partial charge in [0.15, 0.2) is 0 Å². The number of ether oxygens (including phenoxy) is 1. The lowest BCUT2D eigenvalue weighted by molar-refractivity contribution is 0.352. The standard InChI is InChI=1S/C15H22FNO/c1-10-4-5-11(8-10)15(17-2)13-9-12(16)6-7-14(13)18-3/h6-7,9-11,15,17H,4-5,8H2,1-3H3. The van der Waals surface area contributed by atoms with Gasteiger partial charge in [-0.1, -0.05) is 13.3 Å². The molecule has 0 bridgehead atoms. The van der Waals surface area contributed by atoms with Gasteiger partial charge < -0.3 is 10.1 Å². The molecule has 1 aromatic rings. The average molecular weight is 251 g/mol. The van der Waals surface area contributed by atoms with E-state index in [1.165, 1.54) is 25.3 Å². The quantitative estimate of drug-likeness (QED) is 0.884. The smallest absolute Gasteiger partial charge is 0.123 e. The van der Waals surface area contributed by atoms with Gasteiger partial charge in [0.1, 0.15) is 11.6 Å². The Balaban J connectivity index is 2.29. The highest BCUT2D eigenvalue weighted by Gasteiger charge is 2.30. The van der Waals surface area contributed by atoms with Crippen LogP contribution < -0.4 is 10.1 Å². The van der Waals surface area contributed by atoms with E-state index in [2.05, 4.69) is 12.2 Å². The Morgan fingerprint density at radius 3 is 2.72 bits per heavy atom. The van der Waals surface area contributed by atoms with Crippen LogP contribution in [0.1, 0.15) is 37.8 Å². The molecule has 0 radical (unpaired) electrons. The minimum Gasteiger partial charge on any atom is -0.496 e. The van der Waals surface area contributed by atoms with Crippen molar-refractivity contribution in [1.82, 2.24) is 5.32 Å². The van der Waals surface area contributed by atoms with Crippen LogP contribution in [0.15, 0.2) is 18.2 Å². The van der Waals surface area contributed by atoms with E-state index in [-0.39, 0.29) is 11.9 Å². The third-order valence-corrected chi connectivity index (χ3v) is 4.04. The van der Waals surface area contributed by atoms with Crippen LogP contribution in [0.4, 0.5) is 4.39 Å². The van der Waals surface area contributed by atoms with Crippen LogP contribution in [0, 0.1) is 17.7 Å². The summed E-state index contributed by atoms with van der Waals surface area (Å²) in [6.07, 6.45) is 3.66. The highest BCUT2D eigenvalue weighted by atomic mass is 19.1. The Hall–Kier alpha value is -1.09. The SMILES string of the molecule is CNC(c1cc(F)ccc1OC)C1CCC(C)C1. The van der Waals surface area contributed by atoms with Crippen molar-refractivity contribution in [2.45, 2.75) is 32.2 Å². The van der Waals surface area contributed by atoms with Gasteiger partial charge in [0, 0.05) is 11.6 Å². The van der Waals surface area contributed by atoms with E-state index in [9.17, 15) is 4.39 Å². The first-order chi connectivity index (χ1) is 8.65. The van der Waals surface area contributed by atoms with Crippen molar-refractivity contribution in [3.05, 3.63) is 29.6 Å². The Morgan fingerprint density at radius 1 is 1.39 bits per heavy atom. The molecular weight excluding hydrogens is 229 g/mol. The molecule has 18 heavy (non-hydrogen) atoms. The van der Waals surface area contributed by atoms with Gasteiger partial charge in [-0.3, -0.25) is 0 Å². The lowest BCUT2D eigenvalue weighted by Gasteiger charge is -2.25. The fourth-order valence-electron chi connectivity index (χ4n) is 3.15. The molecule has 1 saturated carbocycles. The Morgan fingerprint density at radius 2 is 2.17 bits per heavy atom. The molecular formula is C15H22FNO. The first kappa shape index (κ1) is 13.3. The summed E-state index contributed by atoms with van der Waals surface area (Å²) in [6.45, 7) is 2.29. The Labute approximate surface area is 109 Å². The summed E-state index contributed by atoms with van der Waals surface area (Å²) in [5.74, 6) is 1.92. The largest absolute Gasteiger partial charge is 0.496 e. The summed E-state index contributed by atoms with van der Waals surface area (Å²) < 4.78 is 18.8. The first-order valence-electron chi connectivity index (χ1n) is 6.66. The molecule has 100 valence electrons. The summed E-state index contributed by atoms with van der Waals surface area (Å²) in [6, 6.07) is 4.95. The molecule has 0 saturated heterocycles. The third kappa shape index (κ3) is 2.66. The number of benzene rings is 1. The number of nitrogens with one attached hydrogen (secondary N) is 1. The van der Waals surface area contributed by atoms with Crippen LogP contribution >= 0.6 is 0 Å². The second-order valence-electron chi connectivity index (χ2n) is 5.33. The number of halogens is 1. The van der Waals surface area contributed by atoms with Crippen LogP contribution in [0.25, 0.3) is 0 Å². The molecule has 1 aliphatic rings. The fourth-order valence-corrected chi connectivity index (χ4v) is 3.15. The average Bonchev–Trinajstić information content (AvgIpc) is 2.77. The second-order valence-corrected chi connectivity index (χ2v) is 5.33. The molecule has 2 nitrogen and oxygen atoms in total. The van der Waals surface area contributed by atoms with E-state index >= 15 is 0 Å². The minimum absolute atomic E-state index is 0.181. The molecule has 1 aliphatic carbocycles. The topological polar surface area (TPSA) is 21.3 Å². The van der Waals surface area contributed by atoms with Gasteiger partial charge in [-0.2, -0.15) is 0 Å². The van der Waals surface area contributed by atoms with Gasteiger partial charge in [-0.15, -0.1) is 0 Å². The maximum absolute atomic E-state index is 13.5. The monoisotopic (exact) mass is 251 g/mol. The van der Waals surface area contributed by atoms with Crippen molar-refractivity contribution in [1.29, 1.82) is 0 Å². The second kappa shape index (κ2) is 5.70. The van der Waals surface area contributed by atoms with Crippen molar-refractivity contribution < 1.29 is 9.13 Å². The van der Waals surface area contributed by atoms with Gasteiger partial charge in [-0.25, -0.2) is 4.39 Å². The lowest BCUT2D eigenvalue weighted by Crippen LogP contribution is -2.24. The summed E-state index contributed by atoms with van der Waals surface area (Å²) in [4.78, 5) is 0. The summed E-state index contributed by atoms with van der Waals surface area (Å²) in [5.41, 5.74) is 0.944. The minimum atomic E-state index is -0.197. The predicted octanol–water partition coefficient (Wildman–Crippen LogP) is 3.53. The lowest BCUT2D eigenvalue weighted by atomic mass is 9.90. The van der Waals surface area contributed by atoms with Gasteiger partial charge in [0.05, 0.1) is 7.11 Å². The molecule has 0 spiro atoms. The highest BCUT2D eigenvalue weighted by molar-refractivity contribution is 5.37. The molecule has 1 fully saturated rings. The maximum atomic E-state index is 13.5.